The van der Waals surface area contributed by atoms with E-state index >= 15 is 0 Å². The van der Waals surface area contributed by atoms with E-state index in [0.717, 1.165) is 0 Å². The fraction of sp³-hybridized carbons (Fsp3) is 0.333. The van der Waals surface area contributed by atoms with E-state index in [0.29, 0.717) is 10.6 Å². The van der Waals surface area contributed by atoms with Crippen molar-refractivity contribution in [1.29, 1.82) is 0 Å². The Kier molecular flexibility index (Phi) is 4.29. The number of hydrazine groups is 1. The Hall–Kier alpha value is -1.60. The lowest BCUT2D eigenvalue weighted by molar-refractivity contribution is -0.125. The molecule has 0 radical (unpaired) electrons. The van der Waals surface area contributed by atoms with Crippen molar-refractivity contribution in [3.63, 3.8) is 0 Å². The predicted molar refractivity (Wildman–Crippen MR) is 73.8 cm³/mol. The smallest absolute Gasteiger partial charge is 0.269 e. The first-order valence-electron chi connectivity index (χ1n) is 5.93. The van der Waals surface area contributed by atoms with Crippen molar-refractivity contribution in [2.24, 2.45) is 5.92 Å². The third-order valence-electron chi connectivity index (χ3n) is 3.01. The highest BCUT2D eigenvalue weighted by atomic mass is 35.5. The second kappa shape index (κ2) is 5.80. The van der Waals surface area contributed by atoms with Gasteiger partial charge in [0.15, 0.2) is 9.84 Å². The molecule has 2 rings (SSSR count). The van der Waals surface area contributed by atoms with E-state index in [1.165, 1.54) is 12.1 Å². The highest BCUT2D eigenvalue weighted by Gasteiger charge is 2.33. The molecule has 0 bridgehead atoms. The zero-order chi connectivity index (χ0) is 14.8. The van der Waals surface area contributed by atoms with Crippen molar-refractivity contribution in [1.82, 2.24) is 10.9 Å². The molecule has 0 spiro atoms. The quantitative estimate of drug-likeness (QED) is 0.779. The van der Waals surface area contributed by atoms with Crippen LogP contribution in [0.15, 0.2) is 24.3 Å². The number of hydrogen-bond acceptors (Lipinski definition) is 4. The molecular weight excluding hydrogens is 304 g/mol. The number of rotatable bonds is 2. The van der Waals surface area contributed by atoms with Crippen molar-refractivity contribution >= 4 is 33.3 Å². The van der Waals surface area contributed by atoms with E-state index in [-0.39, 0.29) is 17.9 Å². The molecule has 1 aromatic carbocycles. The average Bonchev–Trinajstić information content (AvgIpc) is 2.77. The summed E-state index contributed by atoms with van der Waals surface area (Å²) in [5.41, 5.74) is 4.83. The topological polar surface area (TPSA) is 92.3 Å². The lowest BCUT2D eigenvalue weighted by Crippen LogP contribution is -2.44. The minimum Gasteiger partial charge on any atom is -0.273 e. The summed E-state index contributed by atoms with van der Waals surface area (Å²) in [7, 11) is -3.12. The minimum atomic E-state index is -3.12. The molecule has 1 aliphatic heterocycles. The average molecular weight is 317 g/mol. The van der Waals surface area contributed by atoms with Crippen molar-refractivity contribution in [3.8, 4) is 0 Å². The second-order valence-corrected chi connectivity index (χ2v) is 7.22. The number of carbonyl (C=O) groups is 2. The van der Waals surface area contributed by atoms with Gasteiger partial charge in [-0.3, -0.25) is 20.4 Å². The van der Waals surface area contributed by atoms with Crippen LogP contribution in [0, 0.1) is 5.92 Å². The van der Waals surface area contributed by atoms with E-state index in [2.05, 4.69) is 10.9 Å². The van der Waals surface area contributed by atoms with Gasteiger partial charge >= 0.3 is 0 Å². The van der Waals surface area contributed by atoms with Gasteiger partial charge in [-0.05, 0) is 30.7 Å². The van der Waals surface area contributed by atoms with Crippen molar-refractivity contribution in [3.05, 3.63) is 34.9 Å². The Morgan fingerprint density at radius 2 is 1.80 bits per heavy atom. The van der Waals surface area contributed by atoms with Crippen molar-refractivity contribution in [2.45, 2.75) is 6.42 Å². The number of hydrogen-bond donors (Lipinski definition) is 2. The summed E-state index contributed by atoms with van der Waals surface area (Å²) in [6, 6.07) is 6.15. The molecule has 8 heteroatoms. The van der Waals surface area contributed by atoms with Crippen LogP contribution in [0.1, 0.15) is 16.8 Å². The lowest BCUT2D eigenvalue weighted by atomic mass is 10.1. The van der Waals surface area contributed by atoms with Crippen LogP contribution >= 0.6 is 11.6 Å². The summed E-state index contributed by atoms with van der Waals surface area (Å²) < 4.78 is 22.5. The van der Waals surface area contributed by atoms with Crippen LogP contribution in [-0.2, 0) is 14.6 Å². The molecule has 20 heavy (non-hydrogen) atoms. The van der Waals surface area contributed by atoms with Crippen LogP contribution in [0.5, 0.6) is 0 Å². The summed E-state index contributed by atoms with van der Waals surface area (Å²) in [5.74, 6) is -1.75. The van der Waals surface area contributed by atoms with Crippen LogP contribution in [0.2, 0.25) is 5.02 Å². The molecule has 6 nitrogen and oxygen atoms in total. The summed E-state index contributed by atoms with van der Waals surface area (Å²) in [4.78, 5) is 23.4. The van der Waals surface area contributed by atoms with E-state index in [1.54, 1.807) is 12.1 Å². The SMILES string of the molecule is O=C(NNC(=O)[C@H]1CCS(=O)(=O)C1)c1ccc(Cl)cc1. The first kappa shape index (κ1) is 14.8. The zero-order valence-corrected chi connectivity index (χ0v) is 12.0. The Bertz CT molecular complexity index is 627. The van der Waals surface area contributed by atoms with Crippen molar-refractivity contribution < 1.29 is 18.0 Å². The number of carbonyl (C=O) groups excluding carboxylic acids is 2. The molecule has 1 saturated heterocycles. The molecule has 1 aliphatic rings. The van der Waals surface area contributed by atoms with Crippen LogP contribution in [0.25, 0.3) is 0 Å². The van der Waals surface area contributed by atoms with Gasteiger partial charge in [-0.2, -0.15) is 0 Å². The number of sulfone groups is 1. The third-order valence-corrected chi connectivity index (χ3v) is 5.03. The van der Waals surface area contributed by atoms with Gasteiger partial charge in [0.05, 0.1) is 17.4 Å². The van der Waals surface area contributed by atoms with Crippen molar-refractivity contribution in [2.75, 3.05) is 11.5 Å². The summed E-state index contributed by atoms with van der Waals surface area (Å²) >= 11 is 5.70. The van der Waals surface area contributed by atoms with Gasteiger partial charge < -0.3 is 0 Å². The normalized spacial score (nSPS) is 20.4. The van der Waals surface area contributed by atoms with Crippen LogP contribution in [0.3, 0.4) is 0 Å². The molecule has 108 valence electrons. The zero-order valence-electron chi connectivity index (χ0n) is 10.4. The number of halogens is 1. The monoisotopic (exact) mass is 316 g/mol. The van der Waals surface area contributed by atoms with Crippen LogP contribution in [0.4, 0.5) is 0 Å². The molecule has 2 N–H and O–H groups in total. The maximum atomic E-state index is 11.7. The molecule has 1 fully saturated rings. The largest absolute Gasteiger partial charge is 0.273 e. The molecule has 0 aromatic heterocycles. The Morgan fingerprint density at radius 1 is 1.15 bits per heavy atom. The standard InChI is InChI=1S/C12H13ClN2O4S/c13-10-3-1-8(2-4-10)11(16)14-15-12(17)9-5-6-20(18,19)7-9/h1-4,9H,5-7H2,(H,14,16)(H,15,17)/t9-/m0/s1. The van der Waals surface area contributed by atoms with Gasteiger partial charge in [-0.25, -0.2) is 8.42 Å². The summed E-state index contributed by atoms with van der Waals surface area (Å²) in [6.07, 6.45) is 0.283. The van der Waals surface area contributed by atoms with E-state index in [4.69, 9.17) is 11.6 Å². The molecule has 0 aliphatic carbocycles. The van der Waals surface area contributed by atoms with Gasteiger partial charge in [-0.1, -0.05) is 11.6 Å². The van der Waals surface area contributed by atoms with Gasteiger partial charge in [0, 0.05) is 10.6 Å². The maximum Gasteiger partial charge on any atom is 0.269 e. The Balaban J connectivity index is 1.87. The minimum absolute atomic E-state index is 0.0101. The molecule has 1 atom stereocenters. The number of amides is 2. The highest BCUT2D eigenvalue weighted by Crippen LogP contribution is 2.18. The molecule has 1 heterocycles. The van der Waals surface area contributed by atoms with Gasteiger partial charge in [-0.15, -0.1) is 0 Å². The van der Waals surface area contributed by atoms with E-state index < -0.39 is 27.6 Å². The van der Waals surface area contributed by atoms with Crippen LogP contribution < -0.4 is 10.9 Å². The predicted octanol–water partition coefficient (Wildman–Crippen LogP) is 0.536. The lowest BCUT2D eigenvalue weighted by Gasteiger charge is -2.10. The molecule has 0 unspecified atom stereocenters. The maximum absolute atomic E-state index is 11.7. The first-order chi connectivity index (χ1) is 9.37. The number of nitrogens with one attached hydrogen (secondary N) is 2. The summed E-state index contributed by atoms with van der Waals surface area (Å²) in [6.45, 7) is 0. The Labute approximate surface area is 121 Å². The second-order valence-electron chi connectivity index (χ2n) is 4.55. The van der Waals surface area contributed by atoms with Gasteiger partial charge in [0.25, 0.3) is 5.91 Å². The van der Waals surface area contributed by atoms with E-state index in [1.807, 2.05) is 0 Å². The molecular formula is C12H13ClN2O4S. The molecule has 2 amide bonds. The van der Waals surface area contributed by atoms with E-state index in [9.17, 15) is 18.0 Å². The number of benzene rings is 1. The molecule has 0 saturated carbocycles. The Morgan fingerprint density at radius 3 is 2.35 bits per heavy atom. The summed E-state index contributed by atoms with van der Waals surface area (Å²) in [5, 5.41) is 0.502. The molecule has 1 aromatic rings. The first-order valence-corrected chi connectivity index (χ1v) is 8.13. The highest BCUT2D eigenvalue weighted by molar-refractivity contribution is 7.91. The van der Waals surface area contributed by atoms with Gasteiger partial charge in [0.1, 0.15) is 0 Å². The van der Waals surface area contributed by atoms with Gasteiger partial charge in [0.2, 0.25) is 5.91 Å². The fourth-order valence-electron chi connectivity index (χ4n) is 1.90. The van der Waals surface area contributed by atoms with Crippen LogP contribution in [-0.4, -0.2) is 31.7 Å². The third kappa shape index (κ3) is 3.71. The fourth-order valence-corrected chi connectivity index (χ4v) is 3.76.